The number of ether oxygens (including phenoxy) is 1. The largest absolute Gasteiger partial charge is 0.748 e. The molecule has 0 bridgehead atoms. The van der Waals surface area contributed by atoms with Gasteiger partial charge in [0.05, 0.1) is 16.7 Å². The van der Waals surface area contributed by atoms with Crippen LogP contribution in [-0.4, -0.2) is 44.4 Å². The van der Waals surface area contributed by atoms with Crippen molar-refractivity contribution in [2.45, 2.75) is 26.2 Å². The van der Waals surface area contributed by atoms with E-state index < -0.39 is 10.1 Å². The van der Waals surface area contributed by atoms with Crippen LogP contribution in [0.15, 0.2) is 30.3 Å². The summed E-state index contributed by atoms with van der Waals surface area (Å²) in [4.78, 5) is 13.3. The molecular formula is C15H22NO5S-. The van der Waals surface area contributed by atoms with Crippen molar-refractivity contribution in [3.8, 4) is 0 Å². The number of hydrogen-bond donors (Lipinski definition) is 0. The number of anilines is 1. The molecule has 124 valence electrons. The number of carbonyl (C=O) groups is 1. The molecule has 0 unspecified atom stereocenters. The molecule has 0 N–H and O–H groups in total. The molecule has 0 aliphatic rings. The summed E-state index contributed by atoms with van der Waals surface area (Å²) in [6.45, 7) is 3.18. The van der Waals surface area contributed by atoms with Gasteiger partial charge in [-0.1, -0.05) is 18.2 Å². The molecular weight excluding hydrogens is 306 g/mol. The molecule has 0 heterocycles. The van der Waals surface area contributed by atoms with E-state index in [4.69, 9.17) is 4.74 Å². The van der Waals surface area contributed by atoms with Crippen molar-refractivity contribution < 1.29 is 22.5 Å². The van der Waals surface area contributed by atoms with Gasteiger partial charge in [-0.15, -0.1) is 0 Å². The first-order valence-corrected chi connectivity index (χ1v) is 8.89. The number of rotatable bonds is 10. The second-order valence-electron chi connectivity index (χ2n) is 4.85. The van der Waals surface area contributed by atoms with Crippen molar-refractivity contribution in [1.29, 1.82) is 0 Å². The Balaban J connectivity index is 2.53. The van der Waals surface area contributed by atoms with E-state index in [2.05, 4.69) is 0 Å². The van der Waals surface area contributed by atoms with E-state index in [1.807, 2.05) is 35.2 Å². The smallest absolute Gasteiger partial charge is 0.305 e. The Morgan fingerprint density at radius 3 is 2.41 bits per heavy atom. The summed E-state index contributed by atoms with van der Waals surface area (Å²) in [6.07, 6.45) is 1.19. The highest BCUT2D eigenvalue weighted by Crippen LogP contribution is 2.15. The van der Waals surface area contributed by atoms with E-state index in [-0.39, 0.29) is 18.1 Å². The molecule has 0 saturated heterocycles. The second kappa shape index (κ2) is 9.42. The maximum Gasteiger partial charge on any atom is 0.305 e. The van der Waals surface area contributed by atoms with Crippen LogP contribution < -0.4 is 4.90 Å². The van der Waals surface area contributed by atoms with Gasteiger partial charge in [0.25, 0.3) is 0 Å². The van der Waals surface area contributed by atoms with Gasteiger partial charge in [0, 0.05) is 31.0 Å². The highest BCUT2D eigenvalue weighted by molar-refractivity contribution is 7.85. The van der Waals surface area contributed by atoms with E-state index in [1.165, 1.54) is 0 Å². The lowest BCUT2D eigenvalue weighted by Crippen LogP contribution is -2.27. The first-order valence-electron chi connectivity index (χ1n) is 7.31. The Morgan fingerprint density at radius 2 is 1.82 bits per heavy atom. The highest BCUT2D eigenvalue weighted by Gasteiger charge is 2.09. The van der Waals surface area contributed by atoms with Gasteiger partial charge in [0.1, 0.15) is 0 Å². The maximum atomic E-state index is 11.3. The van der Waals surface area contributed by atoms with Crippen LogP contribution in [0.2, 0.25) is 0 Å². The van der Waals surface area contributed by atoms with Gasteiger partial charge in [-0.2, -0.15) is 0 Å². The van der Waals surface area contributed by atoms with E-state index in [9.17, 15) is 17.8 Å². The monoisotopic (exact) mass is 328 g/mol. The third-order valence-corrected chi connectivity index (χ3v) is 3.85. The Hall–Kier alpha value is -1.60. The minimum atomic E-state index is -4.19. The van der Waals surface area contributed by atoms with Gasteiger partial charge >= 0.3 is 5.97 Å². The SMILES string of the molecule is CCOC(=O)CCCN(CCCS(=O)(=O)[O-])c1ccccc1. The fraction of sp³-hybridized carbons (Fsp3) is 0.533. The topological polar surface area (TPSA) is 86.7 Å². The van der Waals surface area contributed by atoms with E-state index in [0.717, 1.165) is 5.69 Å². The van der Waals surface area contributed by atoms with Crippen molar-refractivity contribution in [2.75, 3.05) is 30.3 Å². The minimum absolute atomic E-state index is 0.238. The summed E-state index contributed by atoms with van der Waals surface area (Å²) >= 11 is 0. The Labute approximate surface area is 131 Å². The van der Waals surface area contributed by atoms with E-state index in [0.29, 0.717) is 32.5 Å². The maximum absolute atomic E-state index is 11.3. The average Bonchev–Trinajstić information content (AvgIpc) is 2.45. The van der Waals surface area contributed by atoms with Crippen LogP contribution in [0.25, 0.3) is 0 Å². The van der Waals surface area contributed by atoms with Crippen molar-refractivity contribution in [1.82, 2.24) is 0 Å². The number of carbonyl (C=O) groups excluding carboxylic acids is 1. The van der Waals surface area contributed by atoms with Gasteiger partial charge < -0.3 is 14.2 Å². The standard InChI is InChI=1S/C15H23NO5S/c1-2-21-15(17)10-6-11-16(12-7-13-22(18,19)20)14-8-4-3-5-9-14/h3-5,8-9H,2,6-7,10-13H2,1H3,(H,18,19,20)/p-1. The number of para-hydroxylation sites is 1. The van der Waals surface area contributed by atoms with Crippen LogP contribution in [0, 0.1) is 0 Å². The summed E-state index contributed by atoms with van der Waals surface area (Å²) in [6, 6.07) is 9.49. The summed E-state index contributed by atoms with van der Waals surface area (Å²) in [5, 5.41) is 0. The molecule has 0 saturated carbocycles. The lowest BCUT2D eigenvalue weighted by Gasteiger charge is -2.25. The Kier molecular flexibility index (Phi) is 7.90. The fourth-order valence-corrected chi connectivity index (χ4v) is 2.57. The molecule has 1 aromatic carbocycles. The summed E-state index contributed by atoms with van der Waals surface area (Å²) in [7, 11) is -4.19. The first-order chi connectivity index (χ1) is 10.4. The molecule has 0 radical (unpaired) electrons. The highest BCUT2D eigenvalue weighted by atomic mass is 32.2. The van der Waals surface area contributed by atoms with Crippen LogP contribution in [0.5, 0.6) is 0 Å². The summed E-state index contributed by atoms with van der Waals surface area (Å²) in [5.41, 5.74) is 0.939. The Morgan fingerprint density at radius 1 is 1.18 bits per heavy atom. The van der Waals surface area contributed by atoms with Crippen molar-refractivity contribution in [3.05, 3.63) is 30.3 Å². The molecule has 7 heteroatoms. The van der Waals surface area contributed by atoms with E-state index in [1.54, 1.807) is 6.92 Å². The molecule has 0 fully saturated rings. The molecule has 1 rings (SSSR count). The van der Waals surface area contributed by atoms with Gasteiger partial charge in [-0.3, -0.25) is 4.79 Å². The fourth-order valence-electron chi connectivity index (χ4n) is 2.09. The summed E-state index contributed by atoms with van der Waals surface area (Å²) in [5.74, 6) is -0.619. The third kappa shape index (κ3) is 7.99. The van der Waals surface area contributed by atoms with Crippen molar-refractivity contribution in [2.24, 2.45) is 0 Å². The molecule has 6 nitrogen and oxygen atoms in total. The van der Waals surface area contributed by atoms with Gasteiger partial charge in [-0.05, 0) is 31.9 Å². The second-order valence-corrected chi connectivity index (χ2v) is 6.37. The minimum Gasteiger partial charge on any atom is -0.748 e. The normalized spacial score (nSPS) is 11.2. The van der Waals surface area contributed by atoms with Crippen LogP contribution >= 0.6 is 0 Å². The van der Waals surface area contributed by atoms with E-state index >= 15 is 0 Å². The molecule has 1 aromatic rings. The predicted octanol–water partition coefficient (Wildman–Crippen LogP) is 1.77. The third-order valence-electron chi connectivity index (χ3n) is 3.06. The first kappa shape index (κ1) is 18.4. The number of esters is 1. The molecule has 0 amide bonds. The van der Waals surface area contributed by atoms with Gasteiger partial charge in [0.2, 0.25) is 0 Å². The van der Waals surface area contributed by atoms with Gasteiger partial charge in [-0.25, -0.2) is 8.42 Å². The van der Waals surface area contributed by atoms with Crippen LogP contribution in [0.4, 0.5) is 5.69 Å². The predicted molar refractivity (Wildman–Crippen MR) is 83.7 cm³/mol. The van der Waals surface area contributed by atoms with Gasteiger partial charge in [0.15, 0.2) is 0 Å². The lowest BCUT2D eigenvalue weighted by molar-refractivity contribution is -0.143. The lowest BCUT2D eigenvalue weighted by atomic mass is 10.2. The molecule has 0 aliphatic carbocycles. The molecule has 0 atom stereocenters. The number of hydrogen-bond acceptors (Lipinski definition) is 6. The molecule has 0 aromatic heterocycles. The zero-order valence-corrected chi connectivity index (χ0v) is 13.5. The average molecular weight is 328 g/mol. The van der Waals surface area contributed by atoms with Crippen LogP contribution in [0.1, 0.15) is 26.2 Å². The quantitative estimate of drug-likeness (QED) is 0.480. The zero-order valence-electron chi connectivity index (χ0n) is 12.7. The summed E-state index contributed by atoms with van der Waals surface area (Å²) < 4.78 is 36.9. The molecule has 0 spiro atoms. The van der Waals surface area contributed by atoms with Crippen molar-refractivity contribution in [3.63, 3.8) is 0 Å². The molecule has 22 heavy (non-hydrogen) atoms. The van der Waals surface area contributed by atoms with Crippen molar-refractivity contribution >= 4 is 21.8 Å². The Bertz CT molecular complexity index is 544. The van der Waals surface area contributed by atoms with Crippen LogP contribution in [0.3, 0.4) is 0 Å². The number of nitrogens with zero attached hydrogens (tertiary/aromatic N) is 1. The van der Waals surface area contributed by atoms with Crippen LogP contribution in [-0.2, 0) is 19.6 Å². The zero-order chi connectivity index (χ0) is 16.4. The molecule has 0 aliphatic heterocycles. The number of benzene rings is 1.